The molecule has 1 fully saturated rings. The van der Waals surface area contributed by atoms with Crippen molar-refractivity contribution in [2.75, 3.05) is 5.32 Å². The Labute approximate surface area is 166 Å². The van der Waals surface area contributed by atoms with Gasteiger partial charge in [-0.2, -0.15) is 0 Å². The summed E-state index contributed by atoms with van der Waals surface area (Å²) < 4.78 is 27.6. The van der Waals surface area contributed by atoms with Crippen LogP contribution in [-0.4, -0.2) is 26.4 Å². The van der Waals surface area contributed by atoms with E-state index in [2.05, 4.69) is 10.0 Å². The van der Waals surface area contributed by atoms with Crippen molar-refractivity contribution in [1.29, 1.82) is 0 Å². The number of anilines is 1. The first kappa shape index (κ1) is 21.4. The van der Waals surface area contributed by atoms with E-state index in [1.807, 2.05) is 30.3 Å². The smallest absolute Gasteiger partial charge is 0.241 e. The third-order valence-corrected chi connectivity index (χ3v) is 5.94. The molecule has 1 aliphatic rings. The van der Waals surface area contributed by atoms with Gasteiger partial charge in [0.2, 0.25) is 15.9 Å². The third kappa shape index (κ3) is 5.77. The molecule has 27 heavy (non-hydrogen) atoms. The van der Waals surface area contributed by atoms with Crippen LogP contribution in [0.3, 0.4) is 0 Å². The Bertz CT molecular complexity index is 900. The Morgan fingerprint density at radius 2 is 1.85 bits per heavy atom. The minimum atomic E-state index is -3.59. The van der Waals surface area contributed by atoms with Crippen LogP contribution in [0.25, 0.3) is 0 Å². The van der Waals surface area contributed by atoms with Gasteiger partial charge < -0.3 is 11.1 Å². The number of benzene rings is 2. The summed E-state index contributed by atoms with van der Waals surface area (Å²) in [6.45, 7) is 1.73. The van der Waals surface area contributed by atoms with Crippen molar-refractivity contribution >= 4 is 34.0 Å². The SMILES string of the molecule is Cc1ccc(NC(=O)[C@@H](N)Cc2ccccc2)cc1S(=O)(=O)NC1CC1.Cl. The molecule has 1 aliphatic carbocycles. The number of sulfonamides is 1. The van der Waals surface area contributed by atoms with Crippen molar-refractivity contribution in [3.63, 3.8) is 0 Å². The maximum absolute atomic E-state index is 12.5. The number of rotatable bonds is 7. The second kappa shape index (κ2) is 8.84. The summed E-state index contributed by atoms with van der Waals surface area (Å²) in [5.41, 5.74) is 8.00. The maximum atomic E-state index is 12.5. The van der Waals surface area contributed by atoms with Crippen molar-refractivity contribution in [2.45, 2.75) is 43.2 Å². The molecule has 3 rings (SSSR count). The molecule has 2 aromatic carbocycles. The van der Waals surface area contributed by atoms with Crippen LogP contribution in [0.2, 0.25) is 0 Å². The minimum Gasteiger partial charge on any atom is -0.325 e. The molecular weight excluding hydrogens is 386 g/mol. The van der Waals surface area contributed by atoms with Crippen LogP contribution in [0.4, 0.5) is 5.69 Å². The number of hydrogen-bond donors (Lipinski definition) is 3. The molecule has 1 amide bonds. The van der Waals surface area contributed by atoms with Crippen molar-refractivity contribution in [1.82, 2.24) is 4.72 Å². The number of carbonyl (C=O) groups is 1. The van der Waals surface area contributed by atoms with Gasteiger partial charge in [-0.05, 0) is 49.4 Å². The lowest BCUT2D eigenvalue weighted by molar-refractivity contribution is -0.117. The Balaban J connectivity index is 0.00000261. The molecular formula is C19H24ClN3O3S. The van der Waals surface area contributed by atoms with Crippen LogP contribution < -0.4 is 15.8 Å². The molecule has 0 unspecified atom stereocenters. The van der Waals surface area contributed by atoms with E-state index in [0.29, 0.717) is 17.7 Å². The van der Waals surface area contributed by atoms with E-state index in [-0.39, 0.29) is 29.3 Å². The molecule has 8 heteroatoms. The van der Waals surface area contributed by atoms with Crippen molar-refractivity contribution in [3.8, 4) is 0 Å². The molecule has 4 N–H and O–H groups in total. The molecule has 0 radical (unpaired) electrons. The Morgan fingerprint density at radius 1 is 1.19 bits per heavy atom. The van der Waals surface area contributed by atoms with Crippen molar-refractivity contribution < 1.29 is 13.2 Å². The Hall–Kier alpha value is -1.93. The predicted octanol–water partition coefficient (Wildman–Crippen LogP) is 2.37. The molecule has 2 aromatic rings. The Kier molecular flexibility index (Phi) is 7.00. The molecule has 0 saturated heterocycles. The summed E-state index contributed by atoms with van der Waals surface area (Å²) in [5.74, 6) is -0.351. The van der Waals surface area contributed by atoms with Gasteiger partial charge in [-0.3, -0.25) is 4.79 Å². The zero-order valence-electron chi connectivity index (χ0n) is 15.0. The molecule has 0 bridgehead atoms. The van der Waals surface area contributed by atoms with E-state index in [4.69, 9.17) is 5.73 Å². The van der Waals surface area contributed by atoms with Gasteiger partial charge in [-0.1, -0.05) is 36.4 Å². The molecule has 0 heterocycles. The number of amides is 1. The van der Waals surface area contributed by atoms with Gasteiger partial charge in [0, 0.05) is 11.7 Å². The number of carbonyl (C=O) groups excluding carboxylic acids is 1. The highest BCUT2D eigenvalue weighted by Crippen LogP contribution is 2.25. The molecule has 1 atom stereocenters. The quantitative estimate of drug-likeness (QED) is 0.653. The normalized spacial score (nSPS) is 14.9. The van der Waals surface area contributed by atoms with Gasteiger partial charge in [0.1, 0.15) is 0 Å². The number of halogens is 1. The standard InChI is InChI=1S/C19H23N3O3S.ClH/c1-13-7-8-16(12-18(13)26(24,25)22-15-9-10-15)21-19(23)17(20)11-14-5-3-2-4-6-14;/h2-8,12,15,17,22H,9-11,20H2,1H3,(H,21,23);1H/t17-;/m0./s1. The lowest BCUT2D eigenvalue weighted by Gasteiger charge is -2.14. The third-order valence-electron chi connectivity index (χ3n) is 4.28. The zero-order chi connectivity index (χ0) is 18.7. The van der Waals surface area contributed by atoms with E-state index >= 15 is 0 Å². The minimum absolute atomic E-state index is 0. The summed E-state index contributed by atoms with van der Waals surface area (Å²) >= 11 is 0. The first-order valence-corrected chi connectivity index (χ1v) is 10.1. The van der Waals surface area contributed by atoms with Gasteiger partial charge in [0.15, 0.2) is 0 Å². The Morgan fingerprint density at radius 3 is 2.48 bits per heavy atom. The van der Waals surface area contributed by atoms with Crippen molar-refractivity contribution in [2.24, 2.45) is 5.73 Å². The average Bonchev–Trinajstić information content (AvgIpc) is 3.40. The van der Waals surface area contributed by atoms with Crippen LogP contribution in [0.1, 0.15) is 24.0 Å². The molecule has 146 valence electrons. The fourth-order valence-electron chi connectivity index (χ4n) is 2.65. The van der Waals surface area contributed by atoms with Crippen LogP contribution in [0.15, 0.2) is 53.4 Å². The maximum Gasteiger partial charge on any atom is 0.241 e. The second-order valence-electron chi connectivity index (χ2n) is 6.66. The van der Waals surface area contributed by atoms with Crippen LogP contribution in [0, 0.1) is 6.92 Å². The van der Waals surface area contributed by atoms with E-state index < -0.39 is 16.1 Å². The van der Waals surface area contributed by atoms with Gasteiger partial charge in [-0.15, -0.1) is 12.4 Å². The molecule has 0 spiro atoms. The summed E-state index contributed by atoms with van der Waals surface area (Å²) in [6, 6.07) is 13.7. The van der Waals surface area contributed by atoms with E-state index in [9.17, 15) is 13.2 Å². The largest absolute Gasteiger partial charge is 0.325 e. The number of nitrogens with one attached hydrogen (secondary N) is 2. The van der Waals surface area contributed by atoms with Crippen LogP contribution in [-0.2, 0) is 21.2 Å². The number of nitrogens with two attached hydrogens (primary N) is 1. The second-order valence-corrected chi connectivity index (χ2v) is 8.34. The fraction of sp³-hybridized carbons (Fsp3) is 0.316. The molecule has 6 nitrogen and oxygen atoms in total. The first-order chi connectivity index (χ1) is 12.3. The van der Waals surface area contributed by atoms with Gasteiger partial charge in [0.25, 0.3) is 0 Å². The lowest BCUT2D eigenvalue weighted by atomic mass is 10.1. The first-order valence-electron chi connectivity index (χ1n) is 8.58. The summed E-state index contributed by atoms with van der Waals surface area (Å²) in [5, 5.41) is 2.71. The van der Waals surface area contributed by atoms with Crippen LogP contribution in [0.5, 0.6) is 0 Å². The van der Waals surface area contributed by atoms with Gasteiger partial charge in [-0.25, -0.2) is 13.1 Å². The fourth-order valence-corrected chi connectivity index (χ4v) is 4.22. The lowest BCUT2D eigenvalue weighted by Crippen LogP contribution is -2.37. The summed E-state index contributed by atoms with van der Waals surface area (Å²) in [7, 11) is -3.59. The van der Waals surface area contributed by atoms with E-state index in [0.717, 1.165) is 18.4 Å². The highest BCUT2D eigenvalue weighted by atomic mass is 35.5. The summed E-state index contributed by atoms with van der Waals surface area (Å²) in [4.78, 5) is 12.5. The average molecular weight is 410 g/mol. The highest BCUT2D eigenvalue weighted by molar-refractivity contribution is 7.89. The summed E-state index contributed by atoms with van der Waals surface area (Å²) in [6.07, 6.45) is 2.14. The topological polar surface area (TPSA) is 101 Å². The van der Waals surface area contributed by atoms with Crippen molar-refractivity contribution in [3.05, 3.63) is 59.7 Å². The van der Waals surface area contributed by atoms with E-state index in [1.165, 1.54) is 6.07 Å². The van der Waals surface area contributed by atoms with Gasteiger partial charge >= 0.3 is 0 Å². The van der Waals surface area contributed by atoms with Crippen LogP contribution >= 0.6 is 12.4 Å². The predicted molar refractivity (Wildman–Crippen MR) is 109 cm³/mol. The molecule has 0 aliphatic heterocycles. The molecule has 0 aromatic heterocycles. The monoisotopic (exact) mass is 409 g/mol. The number of aryl methyl sites for hydroxylation is 1. The highest BCUT2D eigenvalue weighted by Gasteiger charge is 2.29. The van der Waals surface area contributed by atoms with E-state index in [1.54, 1.807) is 19.1 Å². The zero-order valence-corrected chi connectivity index (χ0v) is 16.6. The van der Waals surface area contributed by atoms with Gasteiger partial charge in [0.05, 0.1) is 10.9 Å². The molecule has 1 saturated carbocycles. The number of hydrogen-bond acceptors (Lipinski definition) is 4.